The third-order valence-corrected chi connectivity index (χ3v) is 7.26. The molecule has 0 bridgehead atoms. The van der Waals surface area contributed by atoms with Gasteiger partial charge in [-0.1, -0.05) is 59.9 Å². The van der Waals surface area contributed by atoms with Crippen molar-refractivity contribution in [2.75, 3.05) is 18.6 Å². The molecular weight excluding hydrogens is 406 g/mol. The van der Waals surface area contributed by atoms with Crippen molar-refractivity contribution in [3.05, 3.63) is 77.6 Å². The Labute approximate surface area is 184 Å². The number of para-hydroxylation sites is 3. The maximum atomic E-state index is 5.01. The highest BCUT2D eigenvalue weighted by Gasteiger charge is 2.09. The van der Waals surface area contributed by atoms with E-state index < -0.39 is 0 Å². The molecule has 5 heteroatoms. The van der Waals surface area contributed by atoms with Crippen molar-refractivity contribution in [1.29, 1.82) is 0 Å². The van der Waals surface area contributed by atoms with Crippen LogP contribution < -0.4 is 4.80 Å². The molecule has 2 heterocycles. The summed E-state index contributed by atoms with van der Waals surface area (Å²) in [4.78, 5) is 6.16. The van der Waals surface area contributed by atoms with Gasteiger partial charge in [-0.15, -0.1) is 0 Å². The lowest BCUT2D eigenvalue weighted by molar-refractivity contribution is 0.671. The minimum Gasteiger partial charge on any atom is -0.340 e. The fourth-order valence-corrected chi connectivity index (χ4v) is 5.63. The van der Waals surface area contributed by atoms with Crippen LogP contribution in [0.4, 0.5) is 0 Å². The van der Waals surface area contributed by atoms with Gasteiger partial charge in [0.05, 0.1) is 10.2 Å². The summed E-state index contributed by atoms with van der Waals surface area (Å²) in [6.07, 6.45) is 3.19. The zero-order chi connectivity index (χ0) is 20.3. The van der Waals surface area contributed by atoms with Crippen molar-refractivity contribution >= 4 is 55.1 Å². The van der Waals surface area contributed by atoms with Crippen LogP contribution in [0.1, 0.15) is 6.42 Å². The van der Waals surface area contributed by atoms with Crippen molar-refractivity contribution < 1.29 is 0 Å². The Morgan fingerprint density at radius 1 is 0.767 bits per heavy atom. The first-order chi connectivity index (χ1) is 14.9. The van der Waals surface area contributed by atoms with E-state index in [-0.39, 0.29) is 0 Å². The first-order valence-corrected chi connectivity index (χ1v) is 12.6. The van der Waals surface area contributed by atoms with Gasteiger partial charge in [-0.25, -0.2) is 0 Å². The Bertz CT molecular complexity index is 1320. The second-order valence-corrected chi connectivity index (χ2v) is 9.41. The zero-order valence-corrected chi connectivity index (χ0v) is 18.8. The van der Waals surface area contributed by atoms with Gasteiger partial charge in [0, 0.05) is 47.2 Å². The largest absolute Gasteiger partial charge is 0.340 e. The highest BCUT2D eigenvalue weighted by Crippen LogP contribution is 2.28. The molecule has 0 aliphatic heterocycles. The second kappa shape index (κ2) is 8.70. The first kappa shape index (κ1) is 19.5. The molecule has 3 nitrogen and oxygen atoms in total. The normalized spacial score (nSPS) is 12.5. The summed E-state index contributed by atoms with van der Waals surface area (Å²) >= 11 is 3.69. The molecule has 2 aromatic heterocycles. The van der Waals surface area contributed by atoms with Crippen LogP contribution in [-0.2, 0) is 13.1 Å². The summed E-state index contributed by atoms with van der Waals surface area (Å²) < 4.78 is 6.16. The van der Waals surface area contributed by atoms with Gasteiger partial charge < -0.3 is 9.13 Å². The summed E-state index contributed by atoms with van der Waals surface area (Å²) in [6, 6.07) is 26.1. The van der Waals surface area contributed by atoms with Gasteiger partial charge in [-0.2, -0.15) is 11.8 Å². The molecule has 0 amide bonds. The molecule has 0 atom stereocenters. The average molecular weight is 432 g/mol. The van der Waals surface area contributed by atoms with Crippen molar-refractivity contribution in [2.45, 2.75) is 19.5 Å². The number of thioether (sulfide) groups is 1. The highest BCUT2D eigenvalue weighted by atomic mass is 32.2. The van der Waals surface area contributed by atoms with E-state index in [4.69, 9.17) is 4.99 Å². The Morgan fingerprint density at radius 3 is 2.10 bits per heavy atom. The Morgan fingerprint density at radius 2 is 1.40 bits per heavy atom. The number of rotatable bonds is 7. The lowest BCUT2D eigenvalue weighted by Gasteiger charge is -2.06. The number of aryl methyl sites for hydroxylation is 2. The maximum Gasteiger partial charge on any atom is 0.185 e. The SMILES string of the molecule is CSCCn1c(=NCCCn2c3ccccc3c3ccccc32)sc2ccccc21. The molecule has 3 aromatic carbocycles. The van der Waals surface area contributed by atoms with Gasteiger partial charge in [-0.05, 0) is 36.9 Å². The van der Waals surface area contributed by atoms with Gasteiger partial charge in [0.2, 0.25) is 0 Å². The summed E-state index contributed by atoms with van der Waals surface area (Å²) in [5.41, 5.74) is 3.93. The average Bonchev–Trinajstić information content (AvgIpc) is 3.31. The van der Waals surface area contributed by atoms with Crippen LogP contribution in [0, 0.1) is 0 Å². The van der Waals surface area contributed by atoms with Crippen LogP contribution in [0.15, 0.2) is 77.8 Å². The predicted molar refractivity (Wildman–Crippen MR) is 133 cm³/mol. The topological polar surface area (TPSA) is 22.2 Å². The number of benzene rings is 3. The van der Waals surface area contributed by atoms with Crippen LogP contribution >= 0.6 is 23.1 Å². The minimum atomic E-state index is 0.840. The van der Waals surface area contributed by atoms with Crippen LogP contribution in [0.25, 0.3) is 32.0 Å². The van der Waals surface area contributed by atoms with Crippen molar-refractivity contribution in [2.24, 2.45) is 4.99 Å². The molecule has 0 unspecified atom stereocenters. The monoisotopic (exact) mass is 431 g/mol. The Hall–Kier alpha value is -2.50. The third kappa shape index (κ3) is 3.57. The van der Waals surface area contributed by atoms with Crippen molar-refractivity contribution in [3.8, 4) is 0 Å². The van der Waals surface area contributed by atoms with E-state index in [0.717, 1.165) is 36.6 Å². The van der Waals surface area contributed by atoms with E-state index in [2.05, 4.69) is 88.2 Å². The van der Waals surface area contributed by atoms with Gasteiger partial charge in [0.1, 0.15) is 0 Å². The van der Waals surface area contributed by atoms with Gasteiger partial charge in [-0.3, -0.25) is 4.99 Å². The van der Waals surface area contributed by atoms with E-state index in [0.29, 0.717) is 0 Å². The van der Waals surface area contributed by atoms with Crippen molar-refractivity contribution in [1.82, 2.24) is 9.13 Å². The third-order valence-electron chi connectivity index (χ3n) is 5.57. The molecule has 0 aliphatic rings. The molecule has 0 fully saturated rings. The zero-order valence-electron chi connectivity index (χ0n) is 17.1. The number of aromatic nitrogens is 2. The van der Waals surface area contributed by atoms with Crippen LogP contribution in [0.5, 0.6) is 0 Å². The van der Waals surface area contributed by atoms with Crippen LogP contribution in [0.2, 0.25) is 0 Å². The fourth-order valence-electron chi connectivity index (χ4n) is 4.19. The molecular formula is C25H25N3S2. The number of fused-ring (bicyclic) bond motifs is 4. The lowest BCUT2D eigenvalue weighted by Crippen LogP contribution is -2.17. The van der Waals surface area contributed by atoms with Gasteiger partial charge in [0.15, 0.2) is 4.80 Å². The molecule has 0 N–H and O–H groups in total. The molecule has 0 radical (unpaired) electrons. The standard InChI is InChI=1S/C25H25N3S2/c1-29-18-17-28-23-13-6-7-14-24(23)30-25(28)26-15-8-16-27-21-11-4-2-9-19(21)20-10-3-5-12-22(20)27/h2-7,9-14H,8,15-18H2,1H3. The molecule has 0 saturated carbocycles. The summed E-state index contributed by atoms with van der Waals surface area (Å²) in [6.45, 7) is 2.83. The predicted octanol–water partition coefficient (Wildman–Crippen LogP) is 6.16. The molecule has 0 spiro atoms. The molecule has 0 saturated heterocycles. The van der Waals surface area contributed by atoms with E-state index in [9.17, 15) is 0 Å². The summed E-state index contributed by atoms with van der Waals surface area (Å²) in [7, 11) is 0. The first-order valence-electron chi connectivity index (χ1n) is 10.4. The smallest absolute Gasteiger partial charge is 0.185 e. The summed E-state index contributed by atoms with van der Waals surface area (Å²) in [5.74, 6) is 1.11. The highest BCUT2D eigenvalue weighted by molar-refractivity contribution is 7.98. The number of hydrogen-bond donors (Lipinski definition) is 0. The molecule has 152 valence electrons. The quantitative estimate of drug-likeness (QED) is 0.283. The maximum absolute atomic E-state index is 5.01. The van der Waals surface area contributed by atoms with Crippen molar-refractivity contribution in [3.63, 3.8) is 0 Å². The fraction of sp³-hybridized carbons (Fsp3) is 0.240. The van der Waals surface area contributed by atoms with Gasteiger partial charge >= 0.3 is 0 Å². The Kier molecular flexibility index (Phi) is 5.65. The van der Waals surface area contributed by atoms with E-state index in [1.54, 1.807) is 0 Å². The number of thiazole rings is 1. The summed E-state index contributed by atoms with van der Waals surface area (Å²) in [5, 5.41) is 2.67. The minimum absolute atomic E-state index is 0.840. The van der Waals surface area contributed by atoms with E-state index in [1.807, 2.05) is 23.1 Å². The van der Waals surface area contributed by atoms with E-state index >= 15 is 0 Å². The number of nitrogens with zero attached hydrogens (tertiary/aromatic N) is 3. The number of hydrogen-bond acceptors (Lipinski definition) is 3. The molecule has 5 aromatic rings. The van der Waals surface area contributed by atoms with E-state index in [1.165, 1.54) is 32.0 Å². The van der Waals surface area contributed by atoms with Gasteiger partial charge in [0.25, 0.3) is 0 Å². The molecule has 0 aliphatic carbocycles. The van der Waals surface area contributed by atoms with Crippen LogP contribution in [-0.4, -0.2) is 27.7 Å². The molecule has 30 heavy (non-hydrogen) atoms. The second-order valence-electron chi connectivity index (χ2n) is 7.42. The lowest BCUT2D eigenvalue weighted by atomic mass is 10.2. The Balaban J connectivity index is 1.42. The van der Waals surface area contributed by atoms with Crippen LogP contribution in [0.3, 0.4) is 0 Å². The molecule has 5 rings (SSSR count).